The summed E-state index contributed by atoms with van der Waals surface area (Å²) >= 11 is 3.38. The Labute approximate surface area is 124 Å². The van der Waals surface area contributed by atoms with Crippen LogP contribution in [0.2, 0.25) is 0 Å². The minimum Gasteiger partial charge on any atom is -0.438 e. The van der Waals surface area contributed by atoms with Gasteiger partial charge in [0.05, 0.1) is 16.3 Å². The third-order valence-corrected chi connectivity index (χ3v) is 2.94. The van der Waals surface area contributed by atoms with Gasteiger partial charge in [-0.15, -0.1) is 0 Å². The quantitative estimate of drug-likeness (QED) is 0.686. The van der Waals surface area contributed by atoms with Gasteiger partial charge in [-0.25, -0.2) is 5.43 Å². The number of hydrazone groups is 1. The molecule has 0 aliphatic carbocycles. The van der Waals surface area contributed by atoms with E-state index in [9.17, 15) is 4.79 Å². The lowest BCUT2D eigenvalue weighted by Gasteiger charge is -2.07. The minimum atomic E-state index is -0.326. The molecule has 0 fully saturated rings. The molecule has 7 heteroatoms. The minimum absolute atomic E-state index is 0.326. The smallest absolute Gasteiger partial charge is 0.272 e. The van der Waals surface area contributed by atoms with E-state index in [0.717, 1.165) is 4.47 Å². The average Bonchev–Trinajstić information content (AvgIpc) is 2.81. The molecule has 1 amide bonds. The van der Waals surface area contributed by atoms with E-state index in [-0.39, 0.29) is 5.91 Å². The van der Waals surface area contributed by atoms with E-state index in [1.165, 1.54) is 12.4 Å². The highest BCUT2D eigenvalue weighted by atomic mass is 79.9. The number of hydrogen-bond acceptors (Lipinski definition) is 5. The van der Waals surface area contributed by atoms with Gasteiger partial charge in [0.1, 0.15) is 0 Å². The van der Waals surface area contributed by atoms with E-state index < -0.39 is 0 Å². The predicted molar refractivity (Wildman–Crippen MR) is 80.0 cm³/mol. The zero-order chi connectivity index (χ0) is 14.5. The van der Waals surface area contributed by atoms with Crippen molar-refractivity contribution in [3.8, 4) is 0 Å². The van der Waals surface area contributed by atoms with Gasteiger partial charge in [-0.05, 0) is 28.1 Å². The van der Waals surface area contributed by atoms with E-state index in [0.29, 0.717) is 17.2 Å². The van der Waals surface area contributed by atoms with E-state index >= 15 is 0 Å². The highest BCUT2D eigenvalue weighted by Gasteiger charge is 2.09. The van der Waals surface area contributed by atoms with Crippen molar-refractivity contribution >= 4 is 33.9 Å². The molecule has 0 saturated carbocycles. The van der Waals surface area contributed by atoms with Crippen molar-refractivity contribution < 1.29 is 9.21 Å². The number of anilines is 1. The highest BCUT2D eigenvalue weighted by molar-refractivity contribution is 9.10. The summed E-state index contributed by atoms with van der Waals surface area (Å²) in [5.74, 6) is 0.893. The Kier molecular flexibility index (Phi) is 4.52. The summed E-state index contributed by atoms with van der Waals surface area (Å²) in [6, 6.07) is 5.12. The maximum Gasteiger partial charge on any atom is 0.272 e. The van der Waals surface area contributed by atoms with Crippen LogP contribution in [0.1, 0.15) is 16.1 Å². The van der Waals surface area contributed by atoms with Crippen LogP contribution in [0, 0.1) is 0 Å². The summed E-state index contributed by atoms with van der Waals surface area (Å²) in [5, 5.41) is 3.85. The molecule has 0 radical (unpaired) electrons. The van der Waals surface area contributed by atoms with E-state index in [2.05, 4.69) is 31.4 Å². The molecule has 0 spiro atoms. The number of hydrogen-bond donors (Lipinski definition) is 1. The second-order valence-corrected chi connectivity index (χ2v) is 4.99. The van der Waals surface area contributed by atoms with Crippen LogP contribution in [-0.2, 0) is 0 Å². The fraction of sp³-hybridized carbons (Fsp3) is 0.154. The Balaban J connectivity index is 2.00. The lowest BCUT2D eigenvalue weighted by atomic mass is 10.3. The van der Waals surface area contributed by atoms with Crippen molar-refractivity contribution in [1.29, 1.82) is 0 Å². The molecule has 104 valence electrons. The average molecular weight is 337 g/mol. The number of nitrogens with one attached hydrogen (secondary N) is 1. The van der Waals surface area contributed by atoms with E-state index in [1.54, 1.807) is 24.4 Å². The molecule has 0 unspecified atom stereocenters. The molecule has 0 bridgehead atoms. The van der Waals surface area contributed by atoms with E-state index in [1.807, 2.05) is 19.0 Å². The van der Waals surface area contributed by atoms with Crippen LogP contribution in [0.3, 0.4) is 0 Å². The number of aromatic nitrogens is 1. The molecule has 2 aromatic rings. The number of amides is 1. The Morgan fingerprint density at radius 3 is 2.95 bits per heavy atom. The van der Waals surface area contributed by atoms with Gasteiger partial charge in [0.25, 0.3) is 5.91 Å². The van der Waals surface area contributed by atoms with Crippen molar-refractivity contribution in [3.05, 3.63) is 46.4 Å². The van der Waals surface area contributed by atoms with Crippen LogP contribution in [0.15, 0.2) is 44.6 Å². The number of nitrogens with zero attached hydrogens (tertiary/aromatic N) is 3. The number of pyridine rings is 1. The maximum atomic E-state index is 11.7. The Bertz CT molecular complexity index is 623. The number of carbonyl (C=O) groups is 1. The van der Waals surface area contributed by atoms with Crippen LogP contribution in [0.5, 0.6) is 0 Å². The topological polar surface area (TPSA) is 70.7 Å². The van der Waals surface area contributed by atoms with Gasteiger partial charge in [-0.1, -0.05) is 0 Å². The first-order chi connectivity index (χ1) is 9.58. The molecule has 0 atom stereocenters. The fourth-order valence-corrected chi connectivity index (χ4v) is 2.12. The van der Waals surface area contributed by atoms with Gasteiger partial charge in [-0.2, -0.15) is 5.10 Å². The molecule has 2 rings (SSSR count). The van der Waals surface area contributed by atoms with E-state index in [4.69, 9.17) is 4.42 Å². The second-order valence-electron chi connectivity index (χ2n) is 4.14. The molecule has 2 heterocycles. The molecule has 2 aromatic heterocycles. The second kappa shape index (κ2) is 6.33. The standard InChI is InChI=1S/C13H13BrN4O2/c1-18(2)13-11(14)6-10(20-13)8-16-17-12(19)9-4-3-5-15-7-9/h3-8H,1-2H3,(H,17,19). The zero-order valence-corrected chi connectivity index (χ0v) is 12.6. The van der Waals surface area contributed by atoms with Gasteiger partial charge < -0.3 is 9.32 Å². The third kappa shape index (κ3) is 3.45. The van der Waals surface area contributed by atoms with Crippen LogP contribution < -0.4 is 10.3 Å². The number of halogens is 1. The SMILES string of the molecule is CN(C)c1oc(C=NNC(=O)c2cccnc2)cc1Br. The van der Waals surface area contributed by atoms with Gasteiger partial charge in [0, 0.05) is 32.6 Å². The summed E-state index contributed by atoms with van der Waals surface area (Å²) < 4.78 is 6.35. The van der Waals surface area contributed by atoms with Gasteiger partial charge in [0.2, 0.25) is 5.88 Å². The molecule has 0 aromatic carbocycles. The summed E-state index contributed by atoms with van der Waals surface area (Å²) in [7, 11) is 3.74. The summed E-state index contributed by atoms with van der Waals surface area (Å²) in [6.45, 7) is 0. The number of furan rings is 1. The molecule has 1 N–H and O–H groups in total. The summed E-state index contributed by atoms with van der Waals surface area (Å²) in [5.41, 5.74) is 2.85. The van der Waals surface area contributed by atoms with Crippen molar-refractivity contribution in [2.45, 2.75) is 0 Å². The normalized spacial score (nSPS) is 10.8. The first-order valence-electron chi connectivity index (χ1n) is 5.78. The first-order valence-corrected chi connectivity index (χ1v) is 6.57. The molecular formula is C13H13BrN4O2. The lowest BCUT2D eigenvalue weighted by Crippen LogP contribution is -2.17. The Morgan fingerprint density at radius 2 is 2.35 bits per heavy atom. The van der Waals surface area contributed by atoms with Crippen molar-refractivity contribution in [3.63, 3.8) is 0 Å². The fourth-order valence-electron chi connectivity index (χ4n) is 1.46. The molecule has 0 aliphatic rings. The van der Waals surface area contributed by atoms with Crippen molar-refractivity contribution in [2.75, 3.05) is 19.0 Å². The molecule has 0 aliphatic heterocycles. The number of carbonyl (C=O) groups excluding carboxylic acids is 1. The van der Waals surface area contributed by atoms with Crippen LogP contribution in [0.25, 0.3) is 0 Å². The monoisotopic (exact) mass is 336 g/mol. The van der Waals surface area contributed by atoms with Gasteiger partial charge >= 0.3 is 0 Å². The lowest BCUT2D eigenvalue weighted by molar-refractivity contribution is 0.0955. The highest BCUT2D eigenvalue weighted by Crippen LogP contribution is 2.27. The molecule has 6 nitrogen and oxygen atoms in total. The zero-order valence-electron chi connectivity index (χ0n) is 11.0. The Hall–Kier alpha value is -2.15. The van der Waals surface area contributed by atoms with Crippen molar-refractivity contribution in [2.24, 2.45) is 5.10 Å². The van der Waals surface area contributed by atoms with Gasteiger partial charge in [-0.3, -0.25) is 9.78 Å². The number of rotatable bonds is 4. The molecule has 0 saturated heterocycles. The summed E-state index contributed by atoms with van der Waals surface area (Å²) in [4.78, 5) is 17.4. The Morgan fingerprint density at radius 1 is 1.55 bits per heavy atom. The summed E-state index contributed by atoms with van der Waals surface area (Å²) in [6.07, 6.45) is 4.51. The third-order valence-electron chi connectivity index (χ3n) is 2.38. The maximum absolute atomic E-state index is 11.7. The molecular weight excluding hydrogens is 324 g/mol. The first kappa shape index (κ1) is 14.3. The molecule has 20 heavy (non-hydrogen) atoms. The van der Waals surface area contributed by atoms with Crippen molar-refractivity contribution in [1.82, 2.24) is 10.4 Å². The van der Waals surface area contributed by atoms with Crippen LogP contribution in [0.4, 0.5) is 5.88 Å². The largest absolute Gasteiger partial charge is 0.438 e. The predicted octanol–water partition coefficient (Wildman–Crippen LogP) is 2.27. The van der Waals surface area contributed by atoms with Crippen LogP contribution >= 0.6 is 15.9 Å². The van der Waals surface area contributed by atoms with Gasteiger partial charge in [0.15, 0.2) is 5.76 Å². The van der Waals surface area contributed by atoms with Crippen LogP contribution in [-0.4, -0.2) is 31.2 Å².